The molecule has 5 nitrogen and oxygen atoms in total. The van der Waals surface area contributed by atoms with Crippen LogP contribution in [0.3, 0.4) is 0 Å². The summed E-state index contributed by atoms with van der Waals surface area (Å²) in [5, 5.41) is 3.97. The molecule has 0 bridgehead atoms. The summed E-state index contributed by atoms with van der Waals surface area (Å²) in [5.41, 5.74) is 7.71. The van der Waals surface area contributed by atoms with Gasteiger partial charge in [-0.3, -0.25) is 0 Å². The third kappa shape index (κ3) is 2.41. The normalized spacial score (nSPS) is 15.7. The zero-order valence-corrected chi connectivity index (χ0v) is 11.6. The van der Waals surface area contributed by atoms with Crippen LogP contribution in [0.25, 0.3) is 11.4 Å². The molecule has 1 saturated carbocycles. The van der Waals surface area contributed by atoms with Gasteiger partial charge in [-0.25, -0.2) is 0 Å². The zero-order chi connectivity index (χ0) is 13.9. The Balaban J connectivity index is 1.97. The first-order valence-corrected chi connectivity index (χ1v) is 7.02. The molecule has 106 valence electrons. The third-order valence-corrected chi connectivity index (χ3v) is 3.93. The van der Waals surface area contributed by atoms with Crippen LogP contribution in [0.2, 0.25) is 0 Å². The number of ether oxygens (including phenoxy) is 1. The molecule has 0 amide bonds. The van der Waals surface area contributed by atoms with Crippen LogP contribution in [-0.2, 0) is 6.54 Å². The molecule has 2 N–H and O–H groups in total. The van der Waals surface area contributed by atoms with E-state index < -0.39 is 0 Å². The third-order valence-electron chi connectivity index (χ3n) is 3.93. The monoisotopic (exact) mass is 273 g/mol. The van der Waals surface area contributed by atoms with Crippen molar-refractivity contribution in [1.82, 2.24) is 10.1 Å². The van der Waals surface area contributed by atoms with Crippen LogP contribution >= 0.6 is 0 Å². The minimum atomic E-state index is 0.263. The van der Waals surface area contributed by atoms with E-state index in [1.165, 1.54) is 31.2 Å². The van der Waals surface area contributed by atoms with Crippen molar-refractivity contribution < 1.29 is 9.26 Å². The summed E-state index contributed by atoms with van der Waals surface area (Å²) >= 11 is 0. The van der Waals surface area contributed by atoms with Crippen LogP contribution in [-0.4, -0.2) is 17.3 Å². The zero-order valence-electron chi connectivity index (χ0n) is 11.6. The number of benzene rings is 1. The van der Waals surface area contributed by atoms with Crippen LogP contribution in [0.15, 0.2) is 22.7 Å². The lowest BCUT2D eigenvalue weighted by atomic mass is 9.94. The molecule has 3 rings (SSSR count). The fraction of sp³-hybridized carbons (Fsp3) is 0.467. The molecule has 0 aliphatic heterocycles. The Morgan fingerprint density at radius 2 is 2.15 bits per heavy atom. The van der Waals surface area contributed by atoms with Crippen LogP contribution < -0.4 is 10.5 Å². The fourth-order valence-corrected chi connectivity index (χ4v) is 2.88. The molecule has 0 spiro atoms. The van der Waals surface area contributed by atoms with Crippen LogP contribution in [0.5, 0.6) is 5.75 Å². The van der Waals surface area contributed by atoms with Gasteiger partial charge in [0.25, 0.3) is 0 Å². The van der Waals surface area contributed by atoms with Crippen molar-refractivity contribution in [3.05, 3.63) is 29.7 Å². The highest BCUT2D eigenvalue weighted by Gasteiger charge is 2.21. The lowest BCUT2D eigenvalue weighted by Gasteiger charge is -2.15. The van der Waals surface area contributed by atoms with Crippen LogP contribution in [0.4, 0.5) is 0 Å². The Morgan fingerprint density at radius 3 is 2.80 bits per heavy atom. The van der Waals surface area contributed by atoms with E-state index in [4.69, 9.17) is 15.0 Å². The van der Waals surface area contributed by atoms with Crippen molar-refractivity contribution in [1.29, 1.82) is 0 Å². The number of methoxy groups -OCH3 is 1. The van der Waals surface area contributed by atoms with Gasteiger partial charge < -0.3 is 15.0 Å². The maximum absolute atomic E-state index is 5.50. The van der Waals surface area contributed by atoms with E-state index in [1.807, 2.05) is 12.1 Å². The number of rotatable bonds is 4. The van der Waals surface area contributed by atoms with Crippen molar-refractivity contribution in [2.45, 2.75) is 38.1 Å². The second-order valence-electron chi connectivity index (χ2n) is 5.15. The highest BCUT2D eigenvalue weighted by atomic mass is 16.5. The standard InChI is InChI=1S/C15H19N3O2/c1-19-13-7-6-11(15-17-14(9-16)20-18-15)8-12(13)10-4-2-3-5-10/h6-8,10H,2-5,9,16H2,1H3. The molecule has 1 aromatic heterocycles. The van der Waals surface area contributed by atoms with Gasteiger partial charge >= 0.3 is 0 Å². The smallest absolute Gasteiger partial charge is 0.240 e. The lowest BCUT2D eigenvalue weighted by Crippen LogP contribution is -1.98. The molecule has 0 atom stereocenters. The first-order valence-electron chi connectivity index (χ1n) is 7.02. The largest absolute Gasteiger partial charge is 0.496 e. The summed E-state index contributed by atoms with van der Waals surface area (Å²) in [6.07, 6.45) is 5.02. The van der Waals surface area contributed by atoms with Crippen molar-refractivity contribution in [2.24, 2.45) is 5.73 Å². The highest BCUT2D eigenvalue weighted by molar-refractivity contribution is 5.59. The molecule has 1 aliphatic carbocycles. The van der Waals surface area contributed by atoms with E-state index in [9.17, 15) is 0 Å². The summed E-state index contributed by atoms with van der Waals surface area (Å²) in [7, 11) is 1.72. The Bertz CT molecular complexity index is 589. The number of hydrogen-bond acceptors (Lipinski definition) is 5. The van der Waals surface area contributed by atoms with Gasteiger partial charge in [0.1, 0.15) is 5.75 Å². The number of nitrogens with zero attached hydrogens (tertiary/aromatic N) is 2. The summed E-state index contributed by atoms with van der Waals surface area (Å²) < 4.78 is 10.6. The van der Waals surface area contributed by atoms with Gasteiger partial charge in [-0.15, -0.1) is 0 Å². The first kappa shape index (κ1) is 13.1. The van der Waals surface area contributed by atoms with Gasteiger partial charge in [0, 0.05) is 5.56 Å². The van der Waals surface area contributed by atoms with Gasteiger partial charge in [-0.1, -0.05) is 18.0 Å². The molecule has 0 unspecified atom stereocenters. The maximum Gasteiger partial charge on any atom is 0.240 e. The Hall–Kier alpha value is -1.88. The molecular formula is C15H19N3O2. The van der Waals surface area contributed by atoms with Gasteiger partial charge in [0.05, 0.1) is 13.7 Å². The van der Waals surface area contributed by atoms with E-state index >= 15 is 0 Å². The Kier molecular flexibility index (Phi) is 3.69. The Labute approximate surface area is 118 Å². The summed E-state index contributed by atoms with van der Waals surface area (Å²) in [6.45, 7) is 0.263. The molecule has 1 heterocycles. The van der Waals surface area contributed by atoms with E-state index in [0.717, 1.165) is 11.3 Å². The second-order valence-corrected chi connectivity index (χ2v) is 5.15. The average Bonchev–Trinajstić information content (AvgIpc) is 3.17. The molecule has 20 heavy (non-hydrogen) atoms. The number of aromatic nitrogens is 2. The minimum Gasteiger partial charge on any atom is -0.496 e. The van der Waals surface area contributed by atoms with Crippen molar-refractivity contribution >= 4 is 0 Å². The van der Waals surface area contributed by atoms with E-state index in [0.29, 0.717) is 17.6 Å². The molecule has 1 aliphatic rings. The lowest BCUT2D eigenvalue weighted by molar-refractivity contribution is 0.380. The molecule has 2 aromatic rings. The number of nitrogens with two attached hydrogens (primary N) is 1. The summed E-state index contributed by atoms with van der Waals surface area (Å²) in [5.74, 6) is 2.57. The SMILES string of the molecule is COc1ccc(-c2noc(CN)n2)cc1C1CCCC1. The second kappa shape index (κ2) is 5.63. The van der Waals surface area contributed by atoms with Crippen molar-refractivity contribution in [3.8, 4) is 17.1 Å². The topological polar surface area (TPSA) is 74.2 Å². The molecule has 1 fully saturated rings. The fourth-order valence-electron chi connectivity index (χ4n) is 2.88. The molecule has 5 heteroatoms. The molecular weight excluding hydrogens is 254 g/mol. The molecule has 0 saturated heterocycles. The number of hydrogen-bond donors (Lipinski definition) is 1. The Morgan fingerprint density at radius 1 is 1.35 bits per heavy atom. The minimum absolute atomic E-state index is 0.263. The summed E-state index contributed by atoms with van der Waals surface area (Å²) in [6, 6.07) is 6.07. The first-order chi connectivity index (χ1) is 9.81. The van der Waals surface area contributed by atoms with Gasteiger partial charge in [-0.05, 0) is 42.5 Å². The quantitative estimate of drug-likeness (QED) is 0.927. The van der Waals surface area contributed by atoms with Crippen LogP contribution in [0.1, 0.15) is 43.1 Å². The van der Waals surface area contributed by atoms with Gasteiger partial charge in [-0.2, -0.15) is 4.98 Å². The molecule has 1 aromatic carbocycles. The maximum atomic E-state index is 5.50. The van der Waals surface area contributed by atoms with Crippen molar-refractivity contribution in [2.75, 3.05) is 7.11 Å². The summed E-state index contributed by atoms with van der Waals surface area (Å²) in [4.78, 5) is 4.28. The van der Waals surface area contributed by atoms with E-state index in [-0.39, 0.29) is 6.54 Å². The average molecular weight is 273 g/mol. The molecule has 0 radical (unpaired) electrons. The van der Waals surface area contributed by atoms with Crippen molar-refractivity contribution in [3.63, 3.8) is 0 Å². The predicted molar refractivity (Wildman–Crippen MR) is 75.4 cm³/mol. The highest BCUT2D eigenvalue weighted by Crippen LogP contribution is 2.40. The van der Waals surface area contributed by atoms with Gasteiger partial charge in [0.15, 0.2) is 0 Å². The van der Waals surface area contributed by atoms with Gasteiger partial charge in [0.2, 0.25) is 11.7 Å². The van der Waals surface area contributed by atoms with Crippen LogP contribution in [0, 0.1) is 0 Å². The van der Waals surface area contributed by atoms with E-state index in [1.54, 1.807) is 7.11 Å². The predicted octanol–water partition coefficient (Wildman–Crippen LogP) is 2.86. The van der Waals surface area contributed by atoms with E-state index in [2.05, 4.69) is 16.2 Å².